The molecule has 1 fully saturated rings. The first-order chi connectivity index (χ1) is 9.67. The second kappa shape index (κ2) is 6.86. The van der Waals surface area contributed by atoms with Crippen molar-refractivity contribution in [3.63, 3.8) is 0 Å². The minimum atomic E-state index is 0.0918. The first-order valence-corrected chi connectivity index (χ1v) is 7.21. The molecule has 0 atom stereocenters. The summed E-state index contributed by atoms with van der Waals surface area (Å²) in [5.74, 6) is 0.0918. The molecule has 0 saturated heterocycles. The van der Waals surface area contributed by atoms with Crippen LogP contribution in [0.15, 0.2) is 24.3 Å². The lowest BCUT2D eigenvalue weighted by Gasteiger charge is -2.15. The van der Waals surface area contributed by atoms with Crippen molar-refractivity contribution in [3.8, 4) is 0 Å². The Morgan fingerprint density at radius 1 is 1.30 bits per heavy atom. The maximum Gasteiger partial charge on any atom is 0.224 e. The zero-order valence-electron chi connectivity index (χ0n) is 12.2. The Labute approximate surface area is 120 Å². The Bertz CT molecular complexity index is 438. The zero-order valence-corrected chi connectivity index (χ0v) is 12.2. The minimum Gasteiger partial charge on any atom is -0.385 e. The van der Waals surface area contributed by atoms with E-state index in [1.54, 1.807) is 7.11 Å². The van der Waals surface area contributed by atoms with E-state index >= 15 is 0 Å². The number of ether oxygens (including phenoxy) is 1. The number of hydrogen-bond acceptors (Lipinski definition) is 3. The van der Waals surface area contributed by atoms with Crippen molar-refractivity contribution in [1.82, 2.24) is 5.32 Å². The van der Waals surface area contributed by atoms with Gasteiger partial charge in [-0.05, 0) is 35.8 Å². The van der Waals surface area contributed by atoms with Crippen molar-refractivity contribution in [2.75, 3.05) is 20.3 Å². The second-order valence-corrected chi connectivity index (χ2v) is 5.72. The van der Waals surface area contributed by atoms with E-state index in [4.69, 9.17) is 10.5 Å². The van der Waals surface area contributed by atoms with Crippen molar-refractivity contribution in [2.24, 2.45) is 11.1 Å². The molecule has 0 unspecified atom stereocenters. The predicted molar refractivity (Wildman–Crippen MR) is 79.2 cm³/mol. The van der Waals surface area contributed by atoms with Crippen LogP contribution in [0.5, 0.6) is 0 Å². The van der Waals surface area contributed by atoms with Crippen LogP contribution in [0.1, 0.15) is 30.4 Å². The van der Waals surface area contributed by atoms with Crippen LogP contribution in [0, 0.1) is 5.41 Å². The topological polar surface area (TPSA) is 64.3 Å². The van der Waals surface area contributed by atoms with Crippen LogP contribution in [0.25, 0.3) is 0 Å². The normalized spacial score (nSPS) is 15.9. The fraction of sp³-hybridized carbons (Fsp3) is 0.562. The fourth-order valence-electron chi connectivity index (χ4n) is 2.34. The number of amides is 1. The Kier molecular flexibility index (Phi) is 5.15. The Hall–Kier alpha value is -1.39. The van der Waals surface area contributed by atoms with E-state index in [9.17, 15) is 4.79 Å². The average Bonchev–Trinajstić information content (AvgIpc) is 3.24. The third-order valence-corrected chi connectivity index (χ3v) is 4.08. The minimum absolute atomic E-state index is 0.0918. The highest BCUT2D eigenvalue weighted by Gasteiger charge is 2.41. The molecule has 3 N–H and O–H groups in total. The summed E-state index contributed by atoms with van der Waals surface area (Å²) >= 11 is 0. The van der Waals surface area contributed by atoms with Gasteiger partial charge in [-0.25, -0.2) is 0 Å². The smallest absolute Gasteiger partial charge is 0.224 e. The number of carbonyl (C=O) groups excluding carboxylic acids is 1. The molecule has 2 rings (SSSR count). The summed E-state index contributed by atoms with van der Waals surface area (Å²) in [6, 6.07) is 7.90. The Balaban J connectivity index is 1.75. The van der Waals surface area contributed by atoms with E-state index in [2.05, 4.69) is 5.32 Å². The highest BCUT2D eigenvalue weighted by molar-refractivity contribution is 5.78. The lowest BCUT2D eigenvalue weighted by atomic mass is 10.0. The van der Waals surface area contributed by atoms with Crippen molar-refractivity contribution in [3.05, 3.63) is 35.4 Å². The third-order valence-electron chi connectivity index (χ3n) is 4.08. The molecule has 110 valence electrons. The first-order valence-electron chi connectivity index (χ1n) is 7.21. The monoisotopic (exact) mass is 276 g/mol. The number of carbonyl (C=O) groups is 1. The molecule has 0 radical (unpaired) electrons. The summed E-state index contributed by atoms with van der Waals surface area (Å²) < 4.78 is 5.12. The van der Waals surface area contributed by atoms with Gasteiger partial charge < -0.3 is 15.8 Å². The van der Waals surface area contributed by atoms with E-state index in [1.807, 2.05) is 24.3 Å². The van der Waals surface area contributed by atoms with Gasteiger partial charge >= 0.3 is 0 Å². The van der Waals surface area contributed by atoms with Gasteiger partial charge in [0.2, 0.25) is 5.91 Å². The standard InChI is InChI=1S/C16H24N2O2/c1-20-9-8-16(6-7-16)12-18-15(19)10-13-2-4-14(11-17)5-3-13/h2-5H,6-12,17H2,1H3,(H,18,19). The summed E-state index contributed by atoms with van der Waals surface area (Å²) in [7, 11) is 1.72. The number of rotatable bonds is 8. The van der Waals surface area contributed by atoms with Crippen molar-refractivity contribution >= 4 is 5.91 Å². The maximum atomic E-state index is 11.9. The predicted octanol–water partition coefficient (Wildman–Crippen LogP) is 1.62. The van der Waals surface area contributed by atoms with Crippen LogP contribution in [-0.2, 0) is 22.5 Å². The summed E-state index contributed by atoms with van der Waals surface area (Å²) in [5.41, 5.74) is 7.97. The zero-order chi connectivity index (χ0) is 14.4. The largest absolute Gasteiger partial charge is 0.385 e. The van der Waals surface area contributed by atoms with Gasteiger partial charge in [-0.3, -0.25) is 4.79 Å². The lowest BCUT2D eigenvalue weighted by molar-refractivity contribution is -0.120. The molecule has 4 heteroatoms. The molecule has 0 spiro atoms. The molecule has 4 nitrogen and oxygen atoms in total. The molecule has 1 aliphatic carbocycles. The van der Waals surface area contributed by atoms with Crippen molar-refractivity contribution in [2.45, 2.75) is 32.2 Å². The molecule has 1 aromatic carbocycles. The van der Waals surface area contributed by atoms with Gasteiger partial charge in [0.05, 0.1) is 6.42 Å². The van der Waals surface area contributed by atoms with Crippen molar-refractivity contribution < 1.29 is 9.53 Å². The molecule has 1 amide bonds. The van der Waals surface area contributed by atoms with Gasteiger partial charge in [0.25, 0.3) is 0 Å². The quantitative estimate of drug-likeness (QED) is 0.758. The van der Waals surface area contributed by atoms with E-state index in [-0.39, 0.29) is 5.91 Å². The van der Waals surface area contributed by atoms with Crippen LogP contribution in [0.3, 0.4) is 0 Å². The number of nitrogens with two attached hydrogens (primary N) is 1. The van der Waals surface area contributed by atoms with Crippen LogP contribution in [0.2, 0.25) is 0 Å². The maximum absolute atomic E-state index is 11.9. The van der Waals surface area contributed by atoms with E-state index in [1.165, 1.54) is 12.8 Å². The van der Waals surface area contributed by atoms with Crippen molar-refractivity contribution in [1.29, 1.82) is 0 Å². The highest BCUT2D eigenvalue weighted by Crippen LogP contribution is 2.48. The number of nitrogens with one attached hydrogen (secondary N) is 1. The summed E-state index contributed by atoms with van der Waals surface area (Å²) in [4.78, 5) is 11.9. The molecular formula is C16H24N2O2. The first kappa shape index (κ1) is 15.0. The molecule has 0 heterocycles. The molecule has 1 saturated carbocycles. The Morgan fingerprint density at radius 2 is 1.95 bits per heavy atom. The van der Waals surface area contributed by atoms with Gasteiger partial charge in [-0.15, -0.1) is 0 Å². The SMILES string of the molecule is COCCC1(CNC(=O)Cc2ccc(CN)cc2)CC1. The van der Waals surface area contributed by atoms with Gasteiger partial charge in [-0.1, -0.05) is 24.3 Å². The highest BCUT2D eigenvalue weighted by atomic mass is 16.5. The average molecular weight is 276 g/mol. The van der Waals surface area contributed by atoms with Crippen LogP contribution < -0.4 is 11.1 Å². The Morgan fingerprint density at radius 3 is 2.50 bits per heavy atom. The summed E-state index contributed by atoms with van der Waals surface area (Å²) in [5, 5.41) is 3.05. The van der Waals surface area contributed by atoms with Crippen LogP contribution >= 0.6 is 0 Å². The second-order valence-electron chi connectivity index (χ2n) is 5.72. The molecule has 0 aromatic heterocycles. The molecule has 1 aliphatic rings. The van der Waals surface area contributed by atoms with Crippen LogP contribution in [0.4, 0.5) is 0 Å². The van der Waals surface area contributed by atoms with E-state index in [0.29, 0.717) is 18.4 Å². The number of benzene rings is 1. The molecular weight excluding hydrogens is 252 g/mol. The summed E-state index contributed by atoms with van der Waals surface area (Å²) in [6.45, 7) is 2.08. The third kappa shape index (κ3) is 4.32. The van der Waals surface area contributed by atoms with E-state index in [0.717, 1.165) is 30.7 Å². The molecule has 1 aromatic rings. The fourth-order valence-corrected chi connectivity index (χ4v) is 2.34. The lowest BCUT2D eigenvalue weighted by Crippen LogP contribution is -2.31. The molecule has 20 heavy (non-hydrogen) atoms. The van der Waals surface area contributed by atoms with Gasteiger partial charge in [0.1, 0.15) is 0 Å². The van der Waals surface area contributed by atoms with Crippen LogP contribution in [-0.4, -0.2) is 26.2 Å². The van der Waals surface area contributed by atoms with E-state index < -0.39 is 0 Å². The molecule has 0 bridgehead atoms. The number of hydrogen-bond donors (Lipinski definition) is 2. The summed E-state index contributed by atoms with van der Waals surface area (Å²) in [6.07, 6.45) is 3.86. The van der Waals surface area contributed by atoms with Gasteiger partial charge in [0.15, 0.2) is 0 Å². The number of methoxy groups -OCH3 is 1. The van der Waals surface area contributed by atoms with Gasteiger partial charge in [0, 0.05) is 26.8 Å². The molecule has 0 aliphatic heterocycles. The van der Waals surface area contributed by atoms with Gasteiger partial charge in [-0.2, -0.15) is 0 Å².